The fourth-order valence-corrected chi connectivity index (χ4v) is 3.08. The first kappa shape index (κ1) is 20.8. The van der Waals surface area contributed by atoms with E-state index in [2.05, 4.69) is 32.2 Å². The Labute approximate surface area is 176 Å². The van der Waals surface area contributed by atoms with Crippen LogP contribution >= 0.6 is 0 Å². The number of hydrogen-bond donors (Lipinski definition) is 0. The zero-order chi connectivity index (χ0) is 21.5. The molecule has 3 aromatic rings. The molecule has 0 atom stereocenters. The summed E-state index contributed by atoms with van der Waals surface area (Å²) in [4.78, 5) is 22.7. The summed E-state index contributed by atoms with van der Waals surface area (Å²) >= 11 is 0. The molecule has 3 aromatic carbocycles. The smallest absolute Gasteiger partial charge is 0.335 e. The lowest BCUT2D eigenvalue weighted by atomic mass is 9.95. The number of rotatable bonds is 7. The van der Waals surface area contributed by atoms with E-state index in [1.54, 1.807) is 18.2 Å². The van der Waals surface area contributed by atoms with Crippen LogP contribution in [0.3, 0.4) is 0 Å². The molecule has 0 aliphatic heterocycles. The van der Waals surface area contributed by atoms with Crippen molar-refractivity contribution in [3.63, 3.8) is 0 Å². The highest BCUT2D eigenvalue weighted by atomic mass is 16.5. The average molecular weight is 398 g/mol. The van der Waals surface area contributed by atoms with E-state index in [9.17, 15) is 9.59 Å². The van der Waals surface area contributed by atoms with Crippen molar-refractivity contribution in [2.75, 3.05) is 0 Å². The minimum Gasteiger partial charge on any atom is -0.423 e. The third-order valence-electron chi connectivity index (χ3n) is 4.61. The normalized spacial score (nSPS) is 10.2. The van der Waals surface area contributed by atoms with E-state index in [1.165, 1.54) is 0 Å². The van der Waals surface area contributed by atoms with E-state index in [0.717, 1.165) is 46.4 Å². The van der Waals surface area contributed by atoms with Crippen molar-refractivity contribution in [3.8, 4) is 33.8 Å². The highest BCUT2D eigenvalue weighted by Crippen LogP contribution is 2.30. The summed E-state index contributed by atoms with van der Waals surface area (Å²) in [6.45, 7) is 8.87. The zero-order valence-electron chi connectivity index (χ0n) is 16.8. The summed E-state index contributed by atoms with van der Waals surface area (Å²) in [5.74, 6) is 0.0306. The van der Waals surface area contributed by atoms with Gasteiger partial charge < -0.3 is 9.47 Å². The number of benzene rings is 3. The topological polar surface area (TPSA) is 52.6 Å². The van der Waals surface area contributed by atoms with Crippen molar-refractivity contribution in [1.82, 2.24) is 0 Å². The highest BCUT2D eigenvalue weighted by molar-refractivity contribution is 5.84. The van der Waals surface area contributed by atoms with Crippen molar-refractivity contribution in [2.45, 2.75) is 13.3 Å². The van der Waals surface area contributed by atoms with Crippen LogP contribution in [0.4, 0.5) is 0 Å². The largest absolute Gasteiger partial charge is 0.423 e. The first-order valence-electron chi connectivity index (χ1n) is 9.56. The summed E-state index contributed by atoms with van der Waals surface area (Å²) in [6.07, 6.45) is 3.09. The molecule has 3 rings (SSSR count). The van der Waals surface area contributed by atoms with Gasteiger partial charge in [-0.15, -0.1) is 0 Å². The van der Waals surface area contributed by atoms with Crippen LogP contribution in [0.5, 0.6) is 11.5 Å². The summed E-state index contributed by atoms with van der Waals surface area (Å²) in [5, 5.41) is 0. The van der Waals surface area contributed by atoms with E-state index in [1.807, 2.05) is 36.4 Å². The Hall–Kier alpha value is -3.92. The molecule has 0 unspecified atom stereocenters. The van der Waals surface area contributed by atoms with Crippen LogP contribution in [-0.2, 0) is 16.0 Å². The monoisotopic (exact) mass is 398 g/mol. The number of carbonyl (C=O) groups excluding carboxylic acids is 2. The second-order valence-corrected chi connectivity index (χ2v) is 6.52. The molecule has 0 heterocycles. The van der Waals surface area contributed by atoms with Gasteiger partial charge in [0.05, 0.1) is 0 Å². The lowest BCUT2D eigenvalue weighted by molar-refractivity contribution is -0.129. The van der Waals surface area contributed by atoms with Crippen molar-refractivity contribution in [3.05, 3.63) is 97.6 Å². The summed E-state index contributed by atoms with van der Waals surface area (Å²) in [7, 11) is 0. The second-order valence-electron chi connectivity index (χ2n) is 6.52. The van der Waals surface area contributed by atoms with Gasteiger partial charge in [0.1, 0.15) is 11.5 Å². The fourth-order valence-electron chi connectivity index (χ4n) is 3.08. The molecule has 0 radical (unpaired) electrons. The summed E-state index contributed by atoms with van der Waals surface area (Å²) in [5.41, 5.74) is 5.32. The van der Waals surface area contributed by atoms with Gasteiger partial charge in [0.2, 0.25) is 0 Å². The fraction of sp³-hybridized carbons (Fsp3) is 0.0769. The van der Waals surface area contributed by atoms with E-state index < -0.39 is 11.9 Å². The maximum atomic E-state index is 11.4. The highest BCUT2D eigenvalue weighted by Gasteiger charge is 2.09. The van der Waals surface area contributed by atoms with Crippen molar-refractivity contribution in [2.24, 2.45) is 0 Å². The minimum absolute atomic E-state index is 0.473. The van der Waals surface area contributed by atoms with Crippen molar-refractivity contribution >= 4 is 11.9 Å². The molecule has 0 aliphatic rings. The van der Waals surface area contributed by atoms with Crippen molar-refractivity contribution < 1.29 is 19.1 Å². The molecule has 0 fully saturated rings. The second kappa shape index (κ2) is 9.52. The van der Waals surface area contributed by atoms with Crippen LogP contribution in [0.1, 0.15) is 12.5 Å². The maximum Gasteiger partial charge on any atom is 0.335 e. The first-order valence-corrected chi connectivity index (χ1v) is 9.56. The van der Waals surface area contributed by atoms with Crippen LogP contribution in [0.25, 0.3) is 22.3 Å². The number of esters is 2. The SMILES string of the molecule is C=CC(=O)Oc1ccc(-c2ccc(-c3ccc(OC(=O)C=C)cc3CC)cc2)cc1. The third-order valence-corrected chi connectivity index (χ3v) is 4.61. The van der Waals surface area contributed by atoms with Crippen molar-refractivity contribution in [1.29, 1.82) is 0 Å². The quantitative estimate of drug-likeness (QED) is 0.288. The molecule has 0 aliphatic carbocycles. The van der Waals surface area contributed by atoms with Gasteiger partial charge in [-0.1, -0.05) is 62.5 Å². The molecular weight excluding hydrogens is 376 g/mol. The van der Waals surface area contributed by atoms with E-state index >= 15 is 0 Å². The number of hydrogen-bond acceptors (Lipinski definition) is 4. The Morgan fingerprint density at radius 3 is 1.73 bits per heavy atom. The number of carbonyl (C=O) groups is 2. The van der Waals surface area contributed by atoms with Crippen LogP contribution in [0.2, 0.25) is 0 Å². The average Bonchev–Trinajstić information content (AvgIpc) is 2.79. The first-order chi connectivity index (χ1) is 14.5. The molecule has 0 saturated carbocycles. The van der Waals surface area contributed by atoms with E-state index in [-0.39, 0.29) is 0 Å². The molecule has 0 bridgehead atoms. The Bertz CT molecular complexity index is 1080. The molecule has 4 heteroatoms. The molecule has 30 heavy (non-hydrogen) atoms. The molecule has 4 nitrogen and oxygen atoms in total. The molecule has 0 aromatic heterocycles. The lowest BCUT2D eigenvalue weighted by Crippen LogP contribution is -2.03. The molecule has 0 amide bonds. The molecule has 0 N–H and O–H groups in total. The van der Waals surface area contributed by atoms with Gasteiger partial charge in [0.15, 0.2) is 0 Å². The zero-order valence-corrected chi connectivity index (χ0v) is 16.8. The van der Waals surface area contributed by atoms with Crippen LogP contribution in [-0.4, -0.2) is 11.9 Å². The van der Waals surface area contributed by atoms with E-state index in [0.29, 0.717) is 11.5 Å². The molecule has 0 spiro atoms. The maximum absolute atomic E-state index is 11.4. The Kier molecular flexibility index (Phi) is 6.60. The Balaban J connectivity index is 1.81. The summed E-state index contributed by atoms with van der Waals surface area (Å²) < 4.78 is 10.3. The van der Waals surface area contributed by atoms with Gasteiger partial charge in [-0.05, 0) is 58.5 Å². The predicted molar refractivity (Wildman–Crippen MR) is 118 cm³/mol. The van der Waals surface area contributed by atoms with Gasteiger partial charge in [-0.3, -0.25) is 0 Å². The number of aryl methyl sites for hydroxylation is 1. The van der Waals surface area contributed by atoms with Crippen LogP contribution in [0, 0.1) is 0 Å². The van der Waals surface area contributed by atoms with Gasteiger partial charge in [0, 0.05) is 12.2 Å². The predicted octanol–water partition coefficient (Wildman–Crippen LogP) is 5.77. The standard InChI is InChI=1S/C26H22O4/c1-4-18-17-23(30-26(28)6-3)15-16-24(18)21-9-7-19(8-10-21)20-11-13-22(14-12-20)29-25(27)5-2/h5-17H,2-4H2,1H3. The van der Waals surface area contributed by atoms with Crippen LogP contribution < -0.4 is 9.47 Å². The lowest BCUT2D eigenvalue weighted by Gasteiger charge is -2.12. The van der Waals surface area contributed by atoms with Gasteiger partial charge in [-0.25, -0.2) is 9.59 Å². The third kappa shape index (κ3) is 4.92. The van der Waals surface area contributed by atoms with Crippen LogP contribution in [0.15, 0.2) is 92.0 Å². The van der Waals surface area contributed by atoms with Gasteiger partial charge in [0.25, 0.3) is 0 Å². The number of ether oxygens (including phenoxy) is 2. The van der Waals surface area contributed by atoms with E-state index in [4.69, 9.17) is 9.47 Å². The van der Waals surface area contributed by atoms with Gasteiger partial charge in [-0.2, -0.15) is 0 Å². The molecule has 150 valence electrons. The Morgan fingerprint density at radius 1 is 0.733 bits per heavy atom. The molecule has 0 saturated heterocycles. The minimum atomic E-state index is -0.482. The van der Waals surface area contributed by atoms with Gasteiger partial charge >= 0.3 is 11.9 Å². The molecular formula is C26H22O4. The summed E-state index contributed by atoms with van der Waals surface area (Å²) in [6, 6.07) is 21.2. The Morgan fingerprint density at radius 2 is 1.20 bits per heavy atom.